The fourth-order valence-corrected chi connectivity index (χ4v) is 7.61. The summed E-state index contributed by atoms with van der Waals surface area (Å²) in [6, 6.07) is 7.16. The molecule has 0 saturated heterocycles. The first-order valence-electron chi connectivity index (χ1n) is 18.1. The highest BCUT2D eigenvalue weighted by Crippen LogP contribution is 2.51. The molecule has 2 aliphatic rings. The van der Waals surface area contributed by atoms with Crippen LogP contribution in [-0.2, 0) is 25.7 Å². The van der Waals surface area contributed by atoms with Gasteiger partial charge in [-0.3, -0.25) is 4.79 Å². The number of hydrogen-bond acceptors (Lipinski definition) is 7. The number of carbonyl (C=O) groups excluding carboxylic acids is 2. The summed E-state index contributed by atoms with van der Waals surface area (Å²) in [4.78, 5) is 26.9. The minimum absolute atomic E-state index is 0.0892. The van der Waals surface area contributed by atoms with Gasteiger partial charge in [0.2, 0.25) is 5.91 Å². The van der Waals surface area contributed by atoms with Gasteiger partial charge in [0.1, 0.15) is 24.1 Å². The van der Waals surface area contributed by atoms with E-state index >= 15 is 0 Å². The molecule has 2 aromatic rings. The molecular weight excluding hydrogens is 653 g/mol. The third kappa shape index (κ3) is 12.6. The summed E-state index contributed by atoms with van der Waals surface area (Å²) in [5.41, 5.74) is 3.60. The monoisotopic (exact) mass is 714 g/mol. The second-order valence-electron chi connectivity index (χ2n) is 17.5. The lowest BCUT2D eigenvalue weighted by molar-refractivity contribution is -0.120. The van der Waals surface area contributed by atoms with Gasteiger partial charge in [-0.1, -0.05) is 39.3 Å². The van der Waals surface area contributed by atoms with E-state index in [0.717, 1.165) is 60.3 Å². The fourth-order valence-electron chi connectivity index (χ4n) is 6.09. The second-order valence-corrected chi connectivity index (χ2v) is 28.7. The lowest BCUT2D eigenvalue weighted by Crippen LogP contribution is -2.51. The van der Waals surface area contributed by atoms with Gasteiger partial charge in [0.05, 0.1) is 5.69 Å². The van der Waals surface area contributed by atoms with Gasteiger partial charge in [-0.15, -0.1) is 0 Å². The highest BCUT2D eigenvalue weighted by atomic mass is 28.3. The quantitative estimate of drug-likeness (QED) is 0.0906. The van der Waals surface area contributed by atoms with Gasteiger partial charge in [0.15, 0.2) is 6.79 Å². The number of nitrogens with one attached hydrogen (secondary N) is 2. The van der Waals surface area contributed by atoms with Crippen LogP contribution in [0.3, 0.4) is 0 Å². The van der Waals surface area contributed by atoms with Crippen LogP contribution >= 0.6 is 0 Å². The standard InChI is InChI=1S/C37H62N4O6Si2/c1-25-32(26(2)41(40-25)23-44-18-20-48(6,7)8)30-17-16-29(22-31(30)46-24-45-19-21-49(9,10)11)38-35(42)34(39-36(43)47-37(3,4)5)33(27-12-13-27)28-14-15-28/h16-17,22,27-28,33-34H,12-15,18-21,23-24H2,1-11H3,(H,38,42)(H,39,43)/t34-/m0/s1. The summed E-state index contributed by atoms with van der Waals surface area (Å²) in [6.07, 6.45) is 3.77. The van der Waals surface area contributed by atoms with Crippen molar-refractivity contribution in [3.63, 3.8) is 0 Å². The zero-order valence-corrected chi connectivity index (χ0v) is 34.0. The minimum Gasteiger partial charge on any atom is -0.467 e. The number of benzene rings is 1. The molecular formula is C37H62N4O6Si2. The molecule has 2 amide bonds. The molecule has 1 aromatic heterocycles. The van der Waals surface area contributed by atoms with Crippen LogP contribution in [0.5, 0.6) is 5.75 Å². The lowest BCUT2D eigenvalue weighted by atomic mass is 9.88. The zero-order chi connectivity index (χ0) is 36.1. The SMILES string of the molecule is Cc1nn(COCC[Si](C)(C)C)c(C)c1-c1ccc(NC(=O)[C@@H](NC(=O)OC(C)(C)C)C(C2CC2)C2CC2)cc1OCOCC[Si](C)(C)C. The Kier molecular flexibility index (Phi) is 12.9. The molecule has 0 radical (unpaired) electrons. The molecule has 0 unspecified atom stereocenters. The van der Waals surface area contributed by atoms with Crippen LogP contribution in [0.15, 0.2) is 18.2 Å². The fraction of sp³-hybridized carbons (Fsp3) is 0.703. The van der Waals surface area contributed by atoms with Crippen LogP contribution in [0.4, 0.5) is 10.5 Å². The van der Waals surface area contributed by atoms with Gasteiger partial charge in [-0.05, 0) is 102 Å². The van der Waals surface area contributed by atoms with E-state index < -0.39 is 33.9 Å². The molecule has 4 rings (SSSR count). The van der Waals surface area contributed by atoms with Gasteiger partial charge in [0, 0.05) is 57.9 Å². The van der Waals surface area contributed by atoms with Gasteiger partial charge in [-0.25, -0.2) is 9.48 Å². The zero-order valence-electron chi connectivity index (χ0n) is 32.0. The van der Waals surface area contributed by atoms with Crippen molar-refractivity contribution in [3.05, 3.63) is 29.6 Å². The molecule has 2 aliphatic carbocycles. The van der Waals surface area contributed by atoms with Gasteiger partial charge < -0.3 is 29.6 Å². The Hall–Kier alpha value is -2.68. The van der Waals surface area contributed by atoms with Crippen molar-refractivity contribution >= 4 is 33.8 Å². The molecule has 2 N–H and O–H groups in total. The van der Waals surface area contributed by atoms with E-state index in [9.17, 15) is 9.59 Å². The average molecular weight is 715 g/mol. The molecule has 274 valence electrons. The first-order valence-corrected chi connectivity index (χ1v) is 25.5. The number of aromatic nitrogens is 2. The van der Waals surface area contributed by atoms with E-state index in [1.54, 1.807) is 0 Å². The molecule has 1 aromatic carbocycles. The van der Waals surface area contributed by atoms with E-state index in [2.05, 4.69) is 49.9 Å². The Morgan fingerprint density at radius 3 is 2.08 bits per heavy atom. The number of carbonyl (C=O) groups is 2. The maximum atomic E-state index is 14.0. The van der Waals surface area contributed by atoms with Crippen molar-refractivity contribution in [2.75, 3.05) is 25.3 Å². The van der Waals surface area contributed by atoms with E-state index in [4.69, 9.17) is 24.0 Å². The molecule has 2 saturated carbocycles. The van der Waals surface area contributed by atoms with Crippen molar-refractivity contribution in [2.24, 2.45) is 17.8 Å². The highest BCUT2D eigenvalue weighted by Gasteiger charge is 2.48. The third-order valence-corrected chi connectivity index (χ3v) is 12.5. The Morgan fingerprint density at radius 1 is 0.939 bits per heavy atom. The number of aryl methyl sites for hydroxylation is 1. The highest BCUT2D eigenvalue weighted by molar-refractivity contribution is 6.76. The summed E-state index contributed by atoms with van der Waals surface area (Å²) in [5, 5.41) is 10.9. The van der Waals surface area contributed by atoms with Crippen molar-refractivity contribution < 1.29 is 28.5 Å². The molecule has 2 fully saturated rings. The predicted octanol–water partition coefficient (Wildman–Crippen LogP) is 8.44. The number of alkyl carbamates (subject to hydrolysis) is 1. The van der Waals surface area contributed by atoms with E-state index in [1.807, 2.05) is 57.5 Å². The normalized spacial score (nSPS) is 16.1. The van der Waals surface area contributed by atoms with Crippen LogP contribution in [0, 0.1) is 31.6 Å². The van der Waals surface area contributed by atoms with Crippen molar-refractivity contribution in [1.29, 1.82) is 0 Å². The van der Waals surface area contributed by atoms with Crippen molar-refractivity contribution in [1.82, 2.24) is 15.1 Å². The Morgan fingerprint density at radius 2 is 1.53 bits per heavy atom. The summed E-state index contributed by atoms with van der Waals surface area (Å²) in [5.74, 6) is 1.32. The molecule has 1 heterocycles. The lowest BCUT2D eigenvalue weighted by Gasteiger charge is -2.29. The summed E-state index contributed by atoms with van der Waals surface area (Å²) >= 11 is 0. The van der Waals surface area contributed by atoms with Gasteiger partial charge in [0.25, 0.3) is 0 Å². The van der Waals surface area contributed by atoms with E-state index in [1.165, 1.54) is 0 Å². The number of amides is 2. The second kappa shape index (κ2) is 16.1. The van der Waals surface area contributed by atoms with Crippen LogP contribution in [0.1, 0.15) is 57.8 Å². The van der Waals surface area contributed by atoms with Crippen LogP contribution in [0.2, 0.25) is 51.4 Å². The maximum Gasteiger partial charge on any atom is 0.408 e. The average Bonchev–Trinajstić information content (AvgIpc) is 3.89. The largest absolute Gasteiger partial charge is 0.467 e. The number of nitrogens with zero attached hydrogens (tertiary/aromatic N) is 2. The number of rotatable bonds is 18. The van der Waals surface area contributed by atoms with Crippen molar-refractivity contribution in [2.45, 2.75) is 130 Å². The summed E-state index contributed by atoms with van der Waals surface area (Å²) in [6.45, 7) is 25.3. The number of hydrogen-bond donors (Lipinski definition) is 2. The first kappa shape index (κ1) is 39.1. The van der Waals surface area contributed by atoms with E-state index in [-0.39, 0.29) is 18.6 Å². The van der Waals surface area contributed by atoms with Crippen LogP contribution in [-0.4, -0.2) is 69.6 Å². The third-order valence-electron chi connectivity index (χ3n) is 9.08. The molecule has 0 bridgehead atoms. The Labute approximate surface area is 296 Å². The summed E-state index contributed by atoms with van der Waals surface area (Å²) < 4.78 is 25.7. The smallest absolute Gasteiger partial charge is 0.408 e. The maximum absolute atomic E-state index is 14.0. The van der Waals surface area contributed by atoms with Crippen molar-refractivity contribution in [3.8, 4) is 16.9 Å². The molecule has 1 atom stereocenters. The topological polar surface area (TPSA) is 113 Å². The summed E-state index contributed by atoms with van der Waals surface area (Å²) in [7, 11) is -2.45. The Balaban J connectivity index is 1.57. The van der Waals surface area contributed by atoms with E-state index in [0.29, 0.717) is 43.2 Å². The molecule has 0 spiro atoms. The van der Waals surface area contributed by atoms with Gasteiger partial charge in [-0.2, -0.15) is 5.10 Å². The first-order chi connectivity index (χ1) is 22.8. The molecule has 10 nitrogen and oxygen atoms in total. The minimum atomic E-state index is -1.25. The van der Waals surface area contributed by atoms with Crippen LogP contribution < -0.4 is 15.4 Å². The van der Waals surface area contributed by atoms with Gasteiger partial charge >= 0.3 is 6.09 Å². The number of ether oxygens (including phenoxy) is 4. The molecule has 49 heavy (non-hydrogen) atoms. The molecule has 12 heteroatoms. The predicted molar refractivity (Wildman–Crippen MR) is 202 cm³/mol. The van der Waals surface area contributed by atoms with Crippen LogP contribution in [0.25, 0.3) is 11.1 Å². The molecule has 0 aliphatic heterocycles. The number of anilines is 1. The Bertz CT molecular complexity index is 1420.